The molecule has 0 atom stereocenters. The smallest absolute Gasteiger partial charge is 0.300 e. The third-order valence-corrected chi connectivity index (χ3v) is 1.07. The van der Waals surface area contributed by atoms with E-state index in [-0.39, 0.29) is 0 Å². The first-order valence-corrected chi connectivity index (χ1v) is 5.21. The van der Waals surface area contributed by atoms with Crippen molar-refractivity contribution in [3.63, 3.8) is 0 Å². The highest BCUT2D eigenvalue weighted by Gasteiger charge is 2.14. The standard InChI is InChI=1S/C10H22O.C2H4O2/c1-9(2,3)7-11-8-10(4,5)6;1-2(3)4/h7-8H2,1-6H3;1H3,(H,3,4). The minimum Gasteiger partial charge on any atom is -0.481 e. The molecule has 0 aromatic rings. The third kappa shape index (κ3) is 31.8. The van der Waals surface area contributed by atoms with Crippen LogP contribution in [-0.2, 0) is 9.53 Å². The second kappa shape index (κ2) is 6.83. The van der Waals surface area contributed by atoms with Crippen LogP contribution < -0.4 is 0 Å². The molecule has 0 fully saturated rings. The van der Waals surface area contributed by atoms with Crippen LogP contribution in [0.15, 0.2) is 0 Å². The average Bonchev–Trinajstić information content (AvgIpc) is 1.77. The summed E-state index contributed by atoms with van der Waals surface area (Å²) in [6.07, 6.45) is 0. The van der Waals surface area contributed by atoms with Crippen LogP contribution in [0.25, 0.3) is 0 Å². The van der Waals surface area contributed by atoms with Gasteiger partial charge in [-0.15, -0.1) is 0 Å². The monoisotopic (exact) mass is 218 g/mol. The van der Waals surface area contributed by atoms with E-state index in [0.29, 0.717) is 10.8 Å². The molecule has 0 aromatic carbocycles. The SMILES string of the molecule is CC(=O)O.CC(C)(C)COCC(C)(C)C. The molecule has 0 aliphatic rings. The van der Waals surface area contributed by atoms with Crippen molar-refractivity contribution in [1.82, 2.24) is 0 Å². The van der Waals surface area contributed by atoms with E-state index in [1.54, 1.807) is 0 Å². The largest absolute Gasteiger partial charge is 0.481 e. The summed E-state index contributed by atoms with van der Waals surface area (Å²) in [6.45, 7) is 15.9. The van der Waals surface area contributed by atoms with Gasteiger partial charge in [0.25, 0.3) is 5.97 Å². The predicted molar refractivity (Wildman–Crippen MR) is 63.0 cm³/mol. The molecule has 0 aliphatic carbocycles. The molecular weight excluding hydrogens is 192 g/mol. The van der Waals surface area contributed by atoms with Gasteiger partial charge in [0.15, 0.2) is 0 Å². The number of hydrogen-bond acceptors (Lipinski definition) is 2. The van der Waals surface area contributed by atoms with Gasteiger partial charge in [-0.3, -0.25) is 4.79 Å². The van der Waals surface area contributed by atoms with Crippen LogP contribution >= 0.6 is 0 Å². The normalized spacial score (nSPS) is 11.7. The van der Waals surface area contributed by atoms with Crippen LogP contribution in [-0.4, -0.2) is 24.3 Å². The summed E-state index contributed by atoms with van der Waals surface area (Å²) in [7, 11) is 0. The lowest BCUT2D eigenvalue weighted by atomic mass is 9.97. The molecule has 0 rings (SSSR count). The van der Waals surface area contributed by atoms with Crippen molar-refractivity contribution in [3.05, 3.63) is 0 Å². The molecule has 0 spiro atoms. The van der Waals surface area contributed by atoms with Gasteiger partial charge in [-0.05, 0) is 10.8 Å². The highest BCUT2D eigenvalue weighted by atomic mass is 16.5. The van der Waals surface area contributed by atoms with Crippen LogP contribution in [0.2, 0.25) is 0 Å². The number of aliphatic carboxylic acids is 1. The molecule has 0 aliphatic heterocycles. The van der Waals surface area contributed by atoms with Crippen LogP contribution in [0.5, 0.6) is 0 Å². The van der Waals surface area contributed by atoms with Crippen molar-refractivity contribution in [1.29, 1.82) is 0 Å². The fourth-order valence-corrected chi connectivity index (χ4v) is 0.663. The van der Waals surface area contributed by atoms with Crippen LogP contribution in [0.3, 0.4) is 0 Å². The number of carboxylic acid groups (broad SMARTS) is 1. The van der Waals surface area contributed by atoms with E-state index in [9.17, 15) is 0 Å². The fourth-order valence-electron chi connectivity index (χ4n) is 0.663. The lowest BCUT2D eigenvalue weighted by Crippen LogP contribution is -2.21. The summed E-state index contributed by atoms with van der Waals surface area (Å²) in [5, 5.41) is 7.42. The maximum Gasteiger partial charge on any atom is 0.300 e. The quantitative estimate of drug-likeness (QED) is 0.774. The zero-order valence-corrected chi connectivity index (χ0v) is 11.2. The van der Waals surface area contributed by atoms with Crippen molar-refractivity contribution in [2.24, 2.45) is 10.8 Å². The molecule has 0 saturated heterocycles. The van der Waals surface area contributed by atoms with Crippen molar-refractivity contribution >= 4 is 5.97 Å². The molecular formula is C12H26O3. The molecule has 0 radical (unpaired) electrons. The number of carboxylic acids is 1. The molecule has 92 valence electrons. The molecule has 0 aromatic heterocycles. The Kier molecular flexibility index (Phi) is 7.67. The van der Waals surface area contributed by atoms with E-state index in [1.807, 2.05) is 0 Å². The van der Waals surface area contributed by atoms with Gasteiger partial charge in [-0.2, -0.15) is 0 Å². The lowest BCUT2D eigenvalue weighted by molar-refractivity contribution is -0.134. The summed E-state index contributed by atoms with van der Waals surface area (Å²) in [5.41, 5.74) is 0.594. The van der Waals surface area contributed by atoms with E-state index >= 15 is 0 Å². The van der Waals surface area contributed by atoms with Crippen LogP contribution in [0.4, 0.5) is 0 Å². The fraction of sp³-hybridized carbons (Fsp3) is 0.917. The predicted octanol–water partition coefficient (Wildman–Crippen LogP) is 3.19. The molecule has 0 heterocycles. The topological polar surface area (TPSA) is 46.5 Å². The van der Waals surface area contributed by atoms with Gasteiger partial charge >= 0.3 is 0 Å². The molecule has 0 amide bonds. The number of ether oxygens (including phenoxy) is 1. The molecule has 0 unspecified atom stereocenters. The Morgan fingerprint density at radius 1 is 1.00 bits per heavy atom. The van der Waals surface area contributed by atoms with Crippen molar-refractivity contribution < 1.29 is 14.6 Å². The summed E-state index contributed by atoms with van der Waals surface area (Å²) < 4.78 is 5.56. The first kappa shape index (κ1) is 16.8. The van der Waals surface area contributed by atoms with Crippen LogP contribution in [0, 0.1) is 10.8 Å². The molecule has 1 N–H and O–H groups in total. The molecule has 3 nitrogen and oxygen atoms in total. The Morgan fingerprint density at radius 3 is 1.33 bits per heavy atom. The summed E-state index contributed by atoms with van der Waals surface area (Å²) in [5.74, 6) is -0.833. The Bertz CT molecular complexity index is 154. The molecule has 15 heavy (non-hydrogen) atoms. The van der Waals surface area contributed by atoms with Crippen molar-refractivity contribution in [2.45, 2.75) is 48.5 Å². The first-order chi connectivity index (χ1) is 6.44. The molecule has 0 bridgehead atoms. The summed E-state index contributed by atoms with van der Waals surface area (Å²) in [6, 6.07) is 0. The Hall–Kier alpha value is -0.570. The van der Waals surface area contributed by atoms with Crippen molar-refractivity contribution in [2.75, 3.05) is 13.2 Å². The zero-order chi connectivity index (χ0) is 12.7. The highest BCUT2D eigenvalue weighted by Crippen LogP contribution is 2.17. The van der Waals surface area contributed by atoms with Crippen molar-refractivity contribution in [3.8, 4) is 0 Å². The molecule has 0 saturated carbocycles. The van der Waals surface area contributed by atoms with Gasteiger partial charge in [0.1, 0.15) is 0 Å². The number of rotatable bonds is 2. The zero-order valence-electron chi connectivity index (χ0n) is 11.2. The van der Waals surface area contributed by atoms with E-state index in [4.69, 9.17) is 14.6 Å². The molecule has 3 heteroatoms. The minimum absolute atomic E-state index is 0.297. The third-order valence-electron chi connectivity index (χ3n) is 1.07. The average molecular weight is 218 g/mol. The number of hydrogen-bond donors (Lipinski definition) is 1. The van der Waals surface area contributed by atoms with Gasteiger partial charge in [-0.1, -0.05) is 41.5 Å². The van der Waals surface area contributed by atoms with Gasteiger partial charge in [-0.25, -0.2) is 0 Å². The van der Waals surface area contributed by atoms with E-state index in [1.165, 1.54) is 0 Å². The van der Waals surface area contributed by atoms with Gasteiger partial charge < -0.3 is 9.84 Å². The Morgan fingerprint density at radius 2 is 1.20 bits per heavy atom. The van der Waals surface area contributed by atoms with E-state index in [0.717, 1.165) is 20.1 Å². The van der Waals surface area contributed by atoms with E-state index < -0.39 is 5.97 Å². The first-order valence-electron chi connectivity index (χ1n) is 5.21. The lowest BCUT2D eigenvalue weighted by Gasteiger charge is -2.23. The van der Waals surface area contributed by atoms with Gasteiger partial charge in [0.2, 0.25) is 0 Å². The van der Waals surface area contributed by atoms with E-state index in [2.05, 4.69) is 41.5 Å². The maximum absolute atomic E-state index is 9.00. The second-order valence-electron chi connectivity index (χ2n) is 6.13. The highest BCUT2D eigenvalue weighted by molar-refractivity contribution is 5.62. The van der Waals surface area contributed by atoms with Gasteiger partial charge in [0.05, 0.1) is 13.2 Å². The maximum atomic E-state index is 9.00. The minimum atomic E-state index is -0.833. The summed E-state index contributed by atoms with van der Waals surface area (Å²) >= 11 is 0. The Labute approximate surface area is 93.8 Å². The van der Waals surface area contributed by atoms with Crippen LogP contribution in [0.1, 0.15) is 48.5 Å². The second-order valence-corrected chi connectivity index (χ2v) is 6.13. The summed E-state index contributed by atoms with van der Waals surface area (Å²) in [4.78, 5) is 9.00. The van der Waals surface area contributed by atoms with Gasteiger partial charge in [0, 0.05) is 6.92 Å². The number of carbonyl (C=O) groups is 1. The Balaban J connectivity index is 0.